The molecule has 3 aromatic rings. The lowest BCUT2D eigenvalue weighted by Crippen LogP contribution is -2.36. The van der Waals surface area contributed by atoms with Crippen LogP contribution >= 0.6 is 0 Å². The standard InChI is InChI=1S/C22H27N3O/c1-15(2)20-14-25-13-18(19-11-16(3)5-6-17(19)4)12-21(22(25)23-20)24-7-9-26-10-8-24/h5-6,11-15H,7-10H2,1-4H3. The van der Waals surface area contributed by atoms with Gasteiger partial charge in [-0.15, -0.1) is 0 Å². The lowest BCUT2D eigenvalue weighted by atomic mass is 9.99. The first kappa shape index (κ1) is 17.1. The van der Waals surface area contributed by atoms with Gasteiger partial charge in [0.25, 0.3) is 0 Å². The second-order valence-corrected chi connectivity index (χ2v) is 7.58. The molecule has 0 aliphatic carbocycles. The van der Waals surface area contributed by atoms with E-state index in [1.807, 2.05) is 0 Å². The fraction of sp³-hybridized carbons (Fsp3) is 0.409. The zero-order chi connectivity index (χ0) is 18.3. The summed E-state index contributed by atoms with van der Waals surface area (Å²) in [6.07, 6.45) is 4.40. The third kappa shape index (κ3) is 3.10. The highest BCUT2D eigenvalue weighted by Gasteiger charge is 2.19. The lowest BCUT2D eigenvalue weighted by Gasteiger charge is -2.29. The summed E-state index contributed by atoms with van der Waals surface area (Å²) in [6, 6.07) is 8.96. The number of morpholine rings is 1. The number of rotatable bonds is 3. The quantitative estimate of drug-likeness (QED) is 0.693. The number of pyridine rings is 1. The Kier molecular flexibility index (Phi) is 4.45. The maximum Gasteiger partial charge on any atom is 0.160 e. The summed E-state index contributed by atoms with van der Waals surface area (Å²) in [4.78, 5) is 7.35. The summed E-state index contributed by atoms with van der Waals surface area (Å²) in [6.45, 7) is 12.1. The molecule has 4 nitrogen and oxygen atoms in total. The van der Waals surface area contributed by atoms with Crippen LogP contribution in [0.25, 0.3) is 16.8 Å². The Bertz CT molecular complexity index is 936. The SMILES string of the molecule is Cc1ccc(C)c(-c2cc(N3CCOCC3)c3nc(C(C)C)cn3c2)c1. The van der Waals surface area contributed by atoms with E-state index in [2.05, 4.69) is 73.7 Å². The van der Waals surface area contributed by atoms with Crippen molar-refractivity contribution >= 4 is 11.3 Å². The molecule has 0 radical (unpaired) electrons. The zero-order valence-electron chi connectivity index (χ0n) is 16.1. The van der Waals surface area contributed by atoms with Gasteiger partial charge >= 0.3 is 0 Å². The van der Waals surface area contributed by atoms with Crippen LogP contribution in [0.15, 0.2) is 36.7 Å². The topological polar surface area (TPSA) is 29.8 Å². The van der Waals surface area contributed by atoms with Crippen molar-refractivity contribution < 1.29 is 4.74 Å². The van der Waals surface area contributed by atoms with Crippen LogP contribution in [0, 0.1) is 13.8 Å². The first-order chi connectivity index (χ1) is 12.5. The maximum absolute atomic E-state index is 5.56. The van der Waals surface area contributed by atoms with Crippen LogP contribution in [-0.2, 0) is 4.74 Å². The summed E-state index contributed by atoms with van der Waals surface area (Å²) in [5.74, 6) is 0.414. The lowest BCUT2D eigenvalue weighted by molar-refractivity contribution is 0.123. The van der Waals surface area contributed by atoms with Gasteiger partial charge in [-0.2, -0.15) is 0 Å². The molecule has 3 heterocycles. The van der Waals surface area contributed by atoms with Crippen LogP contribution < -0.4 is 4.90 Å². The first-order valence-corrected chi connectivity index (χ1v) is 9.46. The predicted octanol–water partition coefficient (Wildman–Crippen LogP) is 4.58. The van der Waals surface area contributed by atoms with E-state index < -0.39 is 0 Å². The maximum atomic E-state index is 5.56. The van der Waals surface area contributed by atoms with Crippen molar-refractivity contribution in [3.63, 3.8) is 0 Å². The summed E-state index contributed by atoms with van der Waals surface area (Å²) >= 11 is 0. The van der Waals surface area contributed by atoms with Gasteiger partial charge in [-0.1, -0.05) is 37.6 Å². The van der Waals surface area contributed by atoms with E-state index in [-0.39, 0.29) is 0 Å². The molecular formula is C22H27N3O. The Hall–Kier alpha value is -2.33. The minimum absolute atomic E-state index is 0.414. The van der Waals surface area contributed by atoms with Crippen LogP contribution in [0.1, 0.15) is 36.6 Å². The molecule has 1 aliphatic heterocycles. The highest BCUT2D eigenvalue weighted by atomic mass is 16.5. The molecule has 1 aromatic carbocycles. The molecule has 1 aliphatic rings. The molecule has 1 saturated heterocycles. The van der Waals surface area contributed by atoms with E-state index in [0.717, 1.165) is 37.6 Å². The smallest absolute Gasteiger partial charge is 0.160 e. The third-order valence-electron chi connectivity index (χ3n) is 5.20. The number of imidazole rings is 1. The monoisotopic (exact) mass is 349 g/mol. The van der Waals surface area contributed by atoms with Crippen LogP contribution in [0.2, 0.25) is 0 Å². The molecule has 4 heteroatoms. The molecule has 0 amide bonds. The van der Waals surface area contributed by atoms with Gasteiger partial charge in [0.15, 0.2) is 5.65 Å². The first-order valence-electron chi connectivity index (χ1n) is 9.46. The van der Waals surface area contributed by atoms with E-state index in [9.17, 15) is 0 Å². The molecule has 0 saturated carbocycles. The number of hydrogen-bond acceptors (Lipinski definition) is 3. The molecule has 0 unspecified atom stereocenters. The second-order valence-electron chi connectivity index (χ2n) is 7.58. The highest BCUT2D eigenvalue weighted by molar-refractivity contribution is 5.79. The average molecular weight is 349 g/mol. The van der Waals surface area contributed by atoms with Gasteiger partial charge in [-0.05, 0) is 37.0 Å². The summed E-state index contributed by atoms with van der Waals surface area (Å²) in [5.41, 5.74) is 8.51. The molecule has 0 N–H and O–H groups in total. The number of anilines is 1. The zero-order valence-corrected chi connectivity index (χ0v) is 16.1. The third-order valence-corrected chi connectivity index (χ3v) is 5.20. The van der Waals surface area contributed by atoms with Crippen molar-refractivity contribution in [1.29, 1.82) is 0 Å². The van der Waals surface area contributed by atoms with Gasteiger partial charge < -0.3 is 14.0 Å². The molecule has 2 aromatic heterocycles. The van der Waals surface area contributed by atoms with Crippen LogP contribution in [0.3, 0.4) is 0 Å². The van der Waals surface area contributed by atoms with Gasteiger partial charge in [0.1, 0.15) is 0 Å². The predicted molar refractivity (Wildman–Crippen MR) is 107 cm³/mol. The number of aromatic nitrogens is 2. The number of hydrogen-bond donors (Lipinski definition) is 0. The second kappa shape index (κ2) is 6.76. The Morgan fingerprint density at radius 2 is 1.81 bits per heavy atom. The molecule has 0 spiro atoms. The average Bonchev–Trinajstić information content (AvgIpc) is 3.08. The molecule has 26 heavy (non-hydrogen) atoms. The molecule has 0 bridgehead atoms. The van der Waals surface area contributed by atoms with Gasteiger partial charge in [-0.25, -0.2) is 4.98 Å². The van der Waals surface area contributed by atoms with Crippen molar-refractivity contribution in [2.45, 2.75) is 33.6 Å². The fourth-order valence-corrected chi connectivity index (χ4v) is 3.61. The van der Waals surface area contributed by atoms with Gasteiger partial charge in [-0.3, -0.25) is 0 Å². The summed E-state index contributed by atoms with van der Waals surface area (Å²) in [7, 11) is 0. The number of fused-ring (bicyclic) bond motifs is 1. The van der Waals surface area contributed by atoms with Crippen molar-refractivity contribution in [1.82, 2.24) is 9.38 Å². The molecule has 136 valence electrons. The van der Waals surface area contributed by atoms with E-state index in [1.54, 1.807) is 0 Å². The van der Waals surface area contributed by atoms with Crippen molar-refractivity contribution in [2.75, 3.05) is 31.2 Å². The molecule has 4 rings (SSSR count). The van der Waals surface area contributed by atoms with Crippen LogP contribution in [-0.4, -0.2) is 35.7 Å². The number of aryl methyl sites for hydroxylation is 2. The Labute approximate surface area is 155 Å². The van der Waals surface area contributed by atoms with Gasteiger partial charge in [0, 0.05) is 31.0 Å². The number of ether oxygens (including phenoxy) is 1. The van der Waals surface area contributed by atoms with E-state index in [0.29, 0.717) is 5.92 Å². The number of benzene rings is 1. The van der Waals surface area contributed by atoms with Crippen molar-refractivity contribution in [3.05, 3.63) is 53.5 Å². The summed E-state index contributed by atoms with van der Waals surface area (Å²) in [5, 5.41) is 0. The van der Waals surface area contributed by atoms with Gasteiger partial charge in [0.2, 0.25) is 0 Å². The number of nitrogens with zero attached hydrogens (tertiary/aromatic N) is 3. The Morgan fingerprint density at radius 1 is 1.04 bits per heavy atom. The highest BCUT2D eigenvalue weighted by Crippen LogP contribution is 2.32. The largest absolute Gasteiger partial charge is 0.378 e. The van der Waals surface area contributed by atoms with Gasteiger partial charge in [0.05, 0.1) is 24.6 Å². The van der Waals surface area contributed by atoms with E-state index >= 15 is 0 Å². The minimum atomic E-state index is 0.414. The molecule has 0 atom stereocenters. The fourth-order valence-electron chi connectivity index (χ4n) is 3.61. The Morgan fingerprint density at radius 3 is 2.54 bits per heavy atom. The van der Waals surface area contributed by atoms with Crippen LogP contribution in [0.4, 0.5) is 5.69 Å². The normalized spacial score (nSPS) is 15.2. The molecule has 1 fully saturated rings. The van der Waals surface area contributed by atoms with Crippen LogP contribution in [0.5, 0.6) is 0 Å². The van der Waals surface area contributed by atoms with Crippen molar-refractivity contribution in [3.8, 4) is 11.1 Å². The van der Waals surface area contributed by atoms with E-state index in [1.165, 1.54) is 27.9 Å². The minimum Gasteiger partial charge on any atom is -0.378 e. The Balaban J connectivity index is 1.92. The molecular weight excluding hydrogens is 322 g/mol. The summed E-state index contributed by atoms with van der Waals surface area (Å²) < 4.78 is 7.76. The van der Waals surface area contributed by atoms with Crippen molar-refractivity contribution in [2.24, 2.45) is 0 Å². The van der Waals surface area contributed by atoms with E-state index in [4.69, 9.17) is 9.72 Å².